The van der Waals surface area contributed by atoms with Crippen molar-refractivity contribution in [1.82, 2.24) is 0 Å². The summed E-state index contributed by atoms with van der Waals surface area (Å²) in [5, 5.41) is 16.9. The smallest absolute Gasteiger partial charge is 0.292 e. The van der Waals surface area contributed by atoms with E-state index >= 15 is 0 Å². The van der Waals surface area contributed by atoms with E-state index in [1.54, 1.807) is 42.5 Å². The molecule has 0 unspecified atom stereocenters. The van der Waals surface area contributed by atoms with Crippen LogP contribution in [0, 0.1) is 10.1 Å². The molecule has 3 aromatic carbocycles. The maximum Gasteiger partial charge on any atom is 0.292 e. The summed E-state index contributed by atoms with van der Waals surface area (Å²) in [4.78, 5) is 22.7. The number of hydrogen-bond donors (Lipinski definition) is 2. The molecule has 0 fully saturated rings. The molecule has 0 aromatic heterocycles. The first-order valence-electron chi connectivity index (χ1n) is 8.06. The van der Waals surface area contributed by atoms with Crippen molar-refractivity contribution in [1.29, 1.82) is 0 Å². The first-order valence-corrected chi connectivity index (χ1v) is 8.06. The maximum atomic E-state index is 12.1. The van der Waals surface area contributed by atoms with Gasteiger partial charge in [-0.15, -0.1) is 0 Å². The molecule has 0 radical (unpaired) electrons. The molecule has 130 valence electrons. The molecule has 0 aliphatic carbocycles. The van der Waals surface area contributed by atoms with E-state index in [1.165, 1.54) is 6.07 Å². The summed E-state index contributed by atoms with van der Waals surface area (Å²) in [5.41, 5.74) is 2.74. The molecule has 0 atom stereocenters. The molecule has 3 aromatic rings. The SMILES string of the molecule is O=C(Nc1ccc(CNc2ccccc2[N+](=O)[O-])cc1)c1ccccc1. The topological polar surface area (TPSA) is 84.3 Å². The van der Waals surface area contributed by atoms with Crippen LogP contribution in [0.5, 0.6) is 0 Å². The molecule has 0 aliphatic rings. The summed E-state index contributed by atoms with van der Waals surface area (Å²) >= 11 is 0. The molecular weight excluding hydrogens is 330 g/mol. The zero-order valence-electron chi connectivity index (χ0n) is 13.9. The highest BCUT2D eigenvalue weighted by Gasteiger charge is 2.11. The minimum Gasteiger partial charge on any atom is -0.375 e. The Bertz CT molecular complexity index is 909. The van der Waals surface area contributed by atoms with Crippen LogP contribution in [-0.2, 0) is 6.54 Å². The van der Waals surface area contributed by atoms with Crippen LogP contribution < -0.4 is 10.6 Å². The van der Waals surface area contributed by atoms with Gasteiger partial charge in [-0.25, -0.2) is 0 Å². The molecule has 1 amide bonds. The summed E-state index contributed by atoms with van der Waals surface area (Å²) in [5.74, 6) is -0.170. The highest BCUT2D eigenvalue weighted by Crippen LogP contribution is 2.24. The molecule has 6 heteroatoms. The Balaban J connectivity index is 1.62. The van der Waals surface area contributed by atoms with Gasteiger partial charge in [0.15, 0.2) is 0 Å². The summed E-state index contributed by atoms with van der Waals surface area (Å²) in [6.07, 6.45) is 0. The molecule has 2 N–H and O–H groups in total. The average Bonchev–Trinajstić information content (AvgIpc) is 2.68. The van der Waals surface area contributed by atoms with Gasteiger partial charge < -0.3 is 10.6 Å². The lowest BCUT2D eigenvalue weighted by Gasteiger charge is -2.09. The lowest BCUT2D eigenvalue weighted by molar-refractivity contribution is -0.384. The minimum atomic E-state index is -0.412. The van der Waals surface area contributed by atoms with Crippen LogP contribution in [0.2, 0.25) is 0 Å². The van der Waals surface area contributed by atoms with Crippen molar-refractivity contribution in [2.45, 2.75) is 6.54 Å². The molecular formula is C20H17N3O3. The number of carbonyl (C=O) groups is 1. The van der Waals surface area contributed by atoms with Crippen LogP contribution >= 0.6 is 0 Å². The van der Waals surface area contributed by atoms with Gasteiger partial charge in [0.2, 0.25) is 0 Å². The number of anilines is 2. The number of nitrogens with one attached hydrogen (secondary N) is 2. The van der Waals surface area contributed by atoms with Gasteiger partial charge in [0.05, 0.1) is 4.92 Å². The fourth-order valence-electron chi connectivity index (χ4n) is 2.48. The quantitative estimate of drug-likeness (QED) is 0.509. The second-order valence-electron chi connectivity index (χ2n) is 5.64. The molecule has 0 aliphatic heterocycles. The fraction of sp³-hybridized carbons (Fsp3) is 0.0500. The highest BCUT2D eigenvalue weighted by molar-refractivity contribution is 6.04. The van der Waals surface area contributed by atoms with Gasteiger partial charge in [-0.1, -0.05) is 42.5 Å². The van der Waals surface area contributed by atoms with E-state index in [9.17, 15) is 14.9 Å². The fourth-order valence-corrected chi connectivity index (χ4v) is 2.48. The van der Waals surface area contributed by atoms with Crippen LogP contribution in [0.3, 0.4) is 0 Å². The summed E-state index contributed by atoms with van der Waals surface area (Å²) < 4.78 is 0. The summed E-state index contributed by atoms with van der Waals surface area (Å²) in [6.45, 7) is 0.442. The molecule has 0 spiro atoms. The molecule has 0 saturated carbocycles. The third-order valence-corrected chi connectivity index (χ3v) is 3.83. The van der Waals surface area contributed by atoms with E-state index in [0.717, 1.165) is 5.56 Å². The van der Waals surface area contributed by atoms with E-state index in [0.29, 0.717) is 23.5 Å². The predicted octanol–water partition coefficient (Wildman–Crippen LogP) is 4.46. The number of nitro groups is 1. The summed E-state index contributed by atoms with van der Waals surface area (Å²) in [7, 11) is 0. The van der Waals surface area contributed by atoms with Crippen molar-refractivity contribution in [3.05, 3.63) is 100 Å². The molecule has 0 bridgehead atoms. The van der Waals surface area contributed by atoms with Crippen LogP contribution in [0.15, 0.2) is 78.9 Å². The first-order chi connectivity index (χ1) is 12.6. The number of amides is 1. The number of para-hydroxylation sites is 2. The largest absolute Gasteiger partial charge is 0.375 e. The Morgan fingerprint density at radius 2 is 1.54 bits per heavy atom. The van der Waals surface area contributed by atoms with Crippen LogP contribution in [0.1, 0.15) is 15.9 Å². The van der Waals surface area contributed by atoms with Crippen molar-refractivity contribution in [3.8, 4) is 0 Å². The van der Waals surface area contributed by atoms with Crippen molar-refractivity contribution in [3.63, 3.8) is 0 Å². The molecule has 3 rings (SSSR count). The zero-order valence-corrected chi connectivity index (χ0v) is 13.9. The van der Waals surface area contributed by atoms with Crippen molar-refractivity contribution in [2.24, 2.45) is 0 Å². The van der Waals surface area contributed by atoms with Crippen molar-refractivity contribution in [2.75, 3.05) is 10.6 Å². The molecule has 0 saturated heterocycles. The Kier molecular flexibility index (Phi) is 5.24. The van der Waals surface area contributed by atoms with Gasteiger partial charge in [0.1, 0.15) is 5.69 Å². The maximum absolute atomic E-state index is 12.1. The third-order valence-electron chi connectivity index (χ3n) is 3.83. The Hall–Kier alpha value is -3.67. The molecule has 6 nitrogen and oxygen atoms in total. The second kappa shape index (κ2) is 7.94. The standard InChI is InChI=1S/C20H17N3O3/c24-20(16-6-2-1-3-7-16)22-17-12-10-15(11-13-17)14-21-18-8-4-5-9-19(18)23(25)26/h1-13,21H,14H2,(H,22,24). The minimum absolute atomic E-state index is 0.0410. The Morgan fingerprint density at radius 1 is 0.885 bits per heavy atom. The normalized spacial score (nSPS) is 10.2. The van der Waals surface area contributed by atoms with Crippen LogP contribution in [0.4, 0.5) is 17.1 Å². The first kappa shape index (κ1) is 17.2. The van der Waals surface area contributed by atoms with Crippen molar-refractivity contribution < 1.29 is 9.72 Å². The number of hydrogen-bond acceptors (Lipinski definition) is 4. The average molecular weight is 347 g/mol. The summed E-state index contributed by atoms with van der Waals surface area (Å²) in [6, 6.07) is 22.8. The van der Waals surface area contributed by atoms with Crippen LogP contribution in [-0.4, -0.2) is 10.8 Å². The second-order valence-corrected chi connectivity index (χ2v) is 5.64. The number of nitro benzene ring substituents is 1. The predicted molar refractivity (Wildman–Crippen MR) is 101 cm³/mol. The lowest BCUT2D eigenvalue weighted by Crippen LogP contribution is -2.11. The number of benzene rings is 3. The third kappa shape index (κ3) is 4.24. The van der Waals surface area contributed by atoms with Crippen molar-refractivity contribution >= 4 is 23.0 Å². The van der Waals surface area contributed by atoms with Gasteiger partial charge in [-0.3, -0.25) is 14.9 Å². The van der Waals surface area contributed by atoms with E-state index in [-0.39, 0.29) is 11.6 Å². The highest BCUT2D eigenvalue weighted by atomic mass is 16.6. The van der Waals surface area contributed by atoms with Gasteiger partial charge >= 0.3 is 0 Å². The van der Waals surface area contributed by atoms with Gasteiger partial charge in [0.25, 0.3) is 11.6 Å². The lowest BCUT2D eigenvalue weighted by atomic mass is 10.1. The van der Waals surface area contributed by atoms with E-state index < -0.39 is 4.92 Å². The van der Waals surface area contributed by atoms with E-state index in [1.807, 2.05) is 30.3 Å². The number of carbonyl (C=O) groups excluding carboxylic acids is 1. The zero-order chi connectivity index (χ0) is 18.4. The van der Waals surface area contributed by atoms with Crippen LogP contribution in [0.25, 0.3) is 0 Å². The Labute approximate surface area is 150 Å². The molecule has 0 heterocycles. The monoisotopic (exact) mass is 347 g/mol. The van der Waals surface area contributed by atoms with Gasteiger partial charge in [-0.2, -0.15) is 0 Å². The Morgan fingerprint density at radius 3 is 2.23 bits per heavy atom. The van der Waals surface area contributed by atoms with E-state index in [4.69, 9.17) is 0 Å². The van der Waals surface area contributed by atoms with Gasteiger partial charge in [0, 0.05) is 23.9 Å². The molecule has 26 heavy (non-hydrogen) atoms. The number of rotatable bonds is 6. The van der Waals surface area contributed by atoms with E-state index in [2.05, 4.69) is 10.6 Å². The number of nitrogens with zero attached hydrogens (tertiary/aromatic N) is 1. The van der Waals surface area contributed by atoms with Gasteiger partial charge in [-0.05, 0) is 35.9 Å².